The summed E-state index contributed by atoms with van der Waals surface area (Å²) >= 11 is 3.48. The molecule has 2 nitrogen and oxygen atoms in total. The van der Waals surface area contributed by atoms with Crippen molar-refractivity contribution in [2.24, 2.45) is 0 Å². The predicted octanol–water partition coefficient (Wildman–Crippen LogP) is 2.82. The standard InChI is InChI=1S/C12H21NOS2/c1-9-5-6-11(16-9)10(2)13-7-12(3,14)8-15-4/h5-6,10,13-14H,7-8H2,1-4H3. The van der Waals surface area contributed by atoms with Crippen LogP contribution in [-0.2, 0) is 0 Å². The minimum Gasteiger partial charge on any atom is -0.388 e. The zero-order chi connectivity index (χ0) is 12.2. The number of nitrogens with one attached hydrogen (secondary N) is 1. The van der Waals surface area contributed by atoms with Gasteiger partial charge in [0, 0.05) is 28.1 Å². The molecule has 0 spiro atoms. The Kier molecular flexibility index (Phi) is 5.31. The molecule has 0 fully saturated rings. The molecule has 2 atom stereocenters. The fraction of sp³-hybridized carbons (Fsp3) is 0.667. The van der Waals surface area contributed by atoms with E-state index in [4.69, 9.17) is 0 Å². The van der Waals surface area contributed by atoms with Crippen molar-refractivity contribution in [1.29, 1.82) is 0 Å². The Labute approximate surface area is 106 Å². The van der Waals surface area contributed by atoms with Gasteiger partial charge in [0.1, 0.15) is 0 Å². The second kappa shape index (κ2) is 6.05. The molecule has 92 valence electrons. The first-order chi connectivity index (χ1) is 7.44. The maximum atomic E-state index is 10.0. The third kappa shape index (κ3) is 4.45. The van der Waals surface area contributed by atoms with Crippen molar-refractivity contribution in [2.75, 3.05) is 18.6 Å². The van der Waals surface area contributed by atoms with Gasteiger partial charge in [-0.3, -0.25) is 0 Å². The molecule has 1 aromatic rings. The van der Waals surface area contributed by atoms with E-state index in [2.05, 4.69) is 31.3 Å². The normalized spacial score (nSPS) is 17.1. The van der Waals surface area contributed by atoms with Gasteiger partial charge in [-0.2, -0.15) is 11.8 Å². The lowest BCUT2D eigenvalue weighted by molar-refractivity contribution is 0.0822. The van der Waals surface area contributed by atoms with Crippen molar-refractivity contribution in [3.05, 3.63) is 21.9 Å². The van der Waals surface area contributed by atoms with Gasteiger partial charge < -0.3 is 10.4 Å². The van der Waals surface area contributed by atoms with E-state index in [0.717, 1.165) is 5.75 Å². The van der Waals surface area contributed by atoms with Gasteiger partial charge in [0.2, 0.25) is 0 Å². The maximum absolute atomic E-state index is 10.0. The summed E-state index contributed by atoms with van der Waals surface area (Å²) in [5.74, 6) is 0.760. The Balaban J connectivity index is 2.43. The fourth-order valence-electron chi connectivity index (χ4n) is 1.52. The molecule has 16 heavy (non-hydrogen) atoms. The second-order valence-electron chi connectivity index (χ2n) is 4.48. The van der Waals surface area contributed by atoms with Crippen LogP contribution in [-0.4, -0.2) is 29.3 Å². The zero-order valence-corrected chi connectivity index (χ0v) is 12.0. The molecular weight excluding hydrogens is 238 g/mol. The molecule has 0 saturated carbocycles. The molecule has 0 saturated heterocycles. The quantitative estimate of drug-likeness (QED) is 0.824. The highest BCUT2D eigenvalue weighted by atomic mass is 32.2. The molecule has 1 heterocycles. The first kappa shape index (κ1) is 14.0. The summed E-state index contributed by atoms with van der Waals surface area (Å²) in [5, 5.41) is 13.4. The smallest absolute Gasteiger partial charge is 0.0833 e. The van der Waals surface area contributed by atoms with Gasteiger partial charge in [0.05, 0.1) is 5.60 Å². The number of hydrogen-bond acceptors (Lipinski definition) is 4. The van der Waals surface area contributed by atoms with Crippen LogP contribution in [0.25, 0.3) is 0 Å². The highest BCUT2D eigenvalue weighted by Crippen LogP contribution is 2.22. The summed E-state index contributed by atoms with van der Waals surface area (Å²) in [6.07, 6.45) is 2.01. The SMILES string of the molecule is CSCC(C)(O)CNC(C)c1ccc(C)s1. The van der Waals surface area contributed by atoms with Crippen LogP contribution in [0.5, 0.6) is 0 Å². The van der Waals surface area contributed by atoms with Crippen LogP contribution in [0.2, 0.25) is 0 Å². The molecule has 0 aliphatic carbocycles. The summed E-state index contributed by atoms with van der Waals surface area (Å²) in [7, 11) is 0. The molecule has 1 aromatic heterocycles. The fourth-order valence-corrected chi connectivity index (χ4v) is 3.15. The molecule has 0 aliphatic rings. The van der Waals surface area contributed by atoms with Gasteiger partial charge in [-0.05, 0) is 39.2 Å². The maximum Gasteiger partial charge on any atom is 0.0833 e. The van der Waals surface area contributed by atoms with Crippen LogP contribution in [0.3, 0.4) is 0 Å². The van der Waals surface area contributed by atoms with Crippen molar-refractivity contribution in [3.8, 4) is 0 Å². The zero-order valence-electron chi connectivity index (χ0n) is 10.4. The van der Waals surface area contributed by atoms with Crippen molar-refractivity contribution in [1.82, 2.24) is 5.32 Å². The van der Waals surface area contributed by atoms with Gasteiger partial charge in [0.15, 0.2) is 0 Å². The molecule has 0 aliphatic heterocycles. The van der Waals surface area contributed by atoms with E-state index in [1.54, 1.807) is 11.8 Å². The van der Waals surface area contributed by atoms with Crippen molar-refractivity contribution >= 4 is 23.1 Å². The number of hydrogen-bond donors (Lipinski definition) is 2. The van der Waals surface area contributed by atoms with Gasteiger partial charge >= 0.3 is 0 Å². The molecule has 2 unspecified atom stereocenters. The molecular formula is C12H21NOS2. The van der Waals surface area contributed by atoms with Gasteiger partial charge in [0.25, 0.3) is 0 Å². The Morgan fingerprint density at radius 2 is 2.25 bits per heavy atom. The molecule has 0 aromatic carbocycles. The number of rotatable bonds is 6. The van der Waals surface area contributed by atoms with Crippen LogP contribution < -0.4 is 5.32 Å². The lowest BCUT2D eigenvalue weighted by Gasteiger charge is -2.24. The van der Waals surface area contributed by atoms with Crippen LogP contribution in [0.1, 0.15) is 29.6 Å². The molecule has 4 heteroatoms. The number of thioether (sulfide) groups is 1. The first-order valence-electron chi connectivity index (χ1n) is 5.45. The van der Waals surface area contributed by atoms with E-state index in [-0.39, 0.29) is 0 Å². The molecule has 0 amide bonds. The average molecular weight is 259 g/mol. The average Bonchev–Trinajstić information content (AvgIpc) is 2.61. The van der Waals surface area contributed by atoms with E-state index < -0.39 is 5.60 Å². The van der Waals surface area contributed by atoms with E-state index >= 15 is 0 Å². The summed E-state index contributed by atoms with van der Waals surface area (Å²) in [6.45, 7) is 6.76. The third-order valence-corrected chi connectivity index (χ3v) is 4.53. The number of aryl methyl sites for hydroxylation is 1. The third-order valence-electron chi connectivity index (χ3n) is 2.43. The van der Waals surface area contributed by atoms with E-state index in [1.165, 1.54) is 9.75 Å². The lowest BCUT2D eigenvalue weighted by Crippen LogP contribution is -2.40. The summed E-state index contributed by atoms with van der Waals surface area (Å²) in [4.78, 5) is 2.66. The molecule has 0 radical (unpaired) electrons. The van der Waals surface area contributed by atoms with Gasteiger partial charge in [-0.1, -0.05) is 0 Å². The first-order valence-corrected chi connectivity index (χ1v) is 7.67. The predicted molar refractivity (Wildman–Crippen MR) is 74.5 cm³/mol. The number of aliphatic hydroxyl groups is 1. The summed E-state index contributed by atoms with van der Waals surface area (Å²) < 4.78 is 0. The van der Waals surface area contributed by atoms with Crippen molar-refractivity contribution in [2.45, 2.75) is 32.4 Å². The second-order valence-corrected chi connectivity index (χ2v) is 6.67. The van der Waals surface area contributed by atoms with E-state index in [1.807, 2.05) is 24.5 Å². The van der Waals surface area contributed by atoms with Crippen molar-refractivity contribution < 1.29 is 5.11 Å². The Bertz CT molecular complexity index is 323. The summed E-state index contributed by atoms with van der Waals surface area (Å²) in [5.41, 5.74) is -0.625. The van der Waals surface area contributed by atoms with Crippen molar-refractivity contribution in [3.63, 3.8) is 0 Å². The van der Waals surface area contributed by atoms with Gasteiger partial charge in [-0.15, -0.1) is 11.3 Å². The van der Waals surface area contributed by atoms with Crippen LogP contribution in [0.4, 0.5) is 0 Å². The highest BCUT2D eigenvalue weighted by Gasteiger charge is 2.20. The van der Waals surface area contributed by atoms with E-state index in [9.17, 15) is 5.11 Å². The minimum atomic E-state index is -0.625. The van der Waals surface area contributed by atoms with Crippen LogP contribution in [0.15, 0.2) is 12.1 Å². The lowest BCUT2D eigenvalue weighted by atomic mass is 10.1. The minimum absolute atomic E-state index is 0.312. The number of thiophene rings is 1. The Morgan fingerprint density at radius 3 is 2.75 bits per heavy atom. The molecule has 0 bridgehead atoms. The summed E-state index contributed by atoms with van der Waals surface area (Å²) in [6, 6.07) is 4.60. The highest BCUT2D eigenvalue weighted by molar-refractivity contribution is 7.98. The molecule has 2 N–H and O–H groups in total. The van der Waals surface area contributed by atoms with E-state index in [0.29, 0.717) is 12.6 Å². The Hall–Kier alpha value is -0.0300. The molecule has 1 rings (SSSR count). The van der Waals surface area contributed by atoms with Gasteiger partial charge in [-0.25, -0.2) is 0 Å². The van der Waals surface area contributed by atoms with Crippen LogP contribution >= 0.6 is 23.1 Å². The largest absolute Gasteiger partial charge is 0.388 e. The Morgan fingerprint density at radius 1 is 1.56 bits per heavy atom. The monoisotopic (exact) mass is 259 g/mol. The van der Waals surface area contributed by atoms with Crippen LogP contribution in [0, 0.1) is 6.92 Å². The topological polar surface area (TPSA) is 32.3 Å².